The van der Waals surface area contributed by atoms with Gasteiger partial charge in [-0.2, -0.15) is 0 Å². The summed E-state index contributed by atoms with van der Waals surface area (Å²) in [5.74, 6) is -1.26. The summed E-state index contributed by atoms with van der Waals surface area (Å²) in [5, 5.41) is 9.28. The fourth-order valence-corrected chi connectivity index (χ4v) is 6.32. The third-order valence-corrected chi connectivity index (χ3v) is 8.50. The van der Waals surface area contributed by atoms with E-state index in [2.05, 4.69) is 14.9 Å². The highest BCUT2D eigenvalue weighted by Crippen LogP contribution is 2.39. The van der Waals surface area contributed by atoms with Gasteiger partial charge < -0.3 is 24.2 Å². The van der Waals surface area contributed by atoms with Crippen molar-refractivity contribution in [1.82, 2.24) is 14.9 Å². The van der Waals surface area contributed by atoms with Gasteiger partial charge in [0.1, 0.15) is 5.75 Å². The molecule has 2 fully saturated rings. The number of alkyl halides is 2. The average molecular weight is 575 g/mol. The lowest BCUT2D eigenvalue weighted by Crippen LogP contribution is -2.40. The van der Waals surface area contributed by atoms with Gasteiger partial charge in [-0.1, -0.05) is 0 Å². The quantitative estimate of drug-likeness (QED) is 0.423. The number of hydrogen-bond donors (Lipinski definition) is 1. The number of carbonyl (C=O) groups is 1. The number of rotatable bonds is 10. The Morgan fingerprint density at radius 2 is 1.78 bits per heavy atom. The van der Waals surface area contributed by atoms with E-state index in [9.17, 15) is 18.7 Å². The molecule has 1 atom stereocenters. The van der Waals surface area contributed by atoms with Crippen LogP contribution in [-0.4, -0.2) is 84.9 Å². The molecular weight excluding hydrogens is 534 g/mol. The average Bonchev–Trinajstić information content (AvgIpc) is 2.95. The summed E-state index contributed by atoms with van der Waals surface area (Å²) in [6.07, 6.45) is 7.82. The SMILES string of the molecule is COc1cc(N2CCC(COc3cc4c(cn3)OCCC4CC(=O)O)CC2)c(C2CCN(CC(C)(F)F)CC2)cn1. The molecule has 0 aliphatic carbocycles. The number of anilines is 1. The zero-order valence-corrected chi connectivity index (χ0v) is 23.9. The van der Waals surface area contributed by atoms with E-state index in [-0.39, 0.29) is 24.8 Å². The van der Waals surface area contributed by atoms with Crippen LogP contribution in [0.2, 0.25) is 0 Å². The molecule has 5 heterocycles. The maximum atomic E-state index is 13.5. The Balaban J connectivity index is 1.18. The van der Waals surface area contributed by atoms with Crippen molar-refractivity contribution in [3.63, 3.8) is 0 Å². The summed E-state index contributed by atoms with van der Waals surface area (Å²) in [4.78, 5) is 24.4. The Hall–Kier alpha value is -3.21. The minimum atomic E-state index is -2.68. The number of aromatic nitrogens is 2. The first-order valence-corrected chi connectivity index (χ1v) is 14.5. The number of fused-ring (bicyclic) bond motifs is 1. The first-order valence-electron chi connectivity index (χ1n) is 14.5. The van der Waals surface area contributed by atoms with Crippen LogP contribution in [0.1, 0.15) is 68.4 Å². The Bertz CT molecular complexity index is 1190. The third-order valence-electron chi connectivity index (χ3n) is 8.50. The van der Waals surface area contributed by atoms with Gasteiger partial charge in [0.15, 0.2) is 0 Å². The van der Waals surface area contributed by atoms with Crippen LogP contribution in [0.5, 0.6) is 17.5 Å². The van der Waals surface area contributed by atoms with E-state index in [1.807, 2.05) is 23.2 Å². The molecule has 1 unspecified atom stereocenters. The molecule has 41 heavy (non-hydrogen) atoms. The van der Waals surface area contributed by atoms with Crippen molar-refractivity contribution >= 4 is 11.7 Å². The van der Waals surface area contributed by atoms with Crippen LogP contribution in [0.3, 0.4) is 0 Å². The lowest BCUT2D eigenvalue weighted by atomic mass is 9.88. The van der Waals surface area contributed by atoms with Gasteiger partial charge in [0.05, 0.1) is 39.5 Å². The van der Waals surface area contributed by atoms with Gasteiger partial charge in [-0.15, -0.1) is 0 Å². The molecule has 2 aromatic rings. The summed E-state index contributed by atoms with van der Waals surface area (Å²) < 4.78 is 44.2. The lowest BCUT2D eigenvalue weighted by Gasteiger charge is -2.38. The fourth-order valence-electron chi connectivity index (χ4n) is 6.32. The number of carboxylic acids is 1. The minimum absolute atomic E-state index is 0.0633. The molecular formula is C30H40F2N4O5. The highest BCUT2D eigenvalue weighted by molar-refractivity contribution is 5.68. The van der Waals surface area contributed by atoms with Gasteiger partial charge in [0, 0.05) is 55.5 Å². The minimum Gasteiger partial charge on any atom is -0.492 e. The normalized spacial score (nSPS) is 20.8. The fraction of sp³-hybridized carbons (Fsp3) is 0.633. The number of halogens is 2. The topological polar surface area (TPSA) is 97.2 Å². The standard InChI is InChI=1S/C30H40F2N4O5/c1-30(31,32)19-35-8-5-21(6-9-35)24-16-33-27(39-2)15-25(24)36-10-3-20(4-11-36)18-41-28-14-23-22(13-29(37)38)7-12-40-26(23)17-34-28/h14-17,20-22H,3-13,18-19H2,1-2H3,(H,37,38). The second kappa shape index (κ2) is 12.8. The van der Waals surface area contributed by atoms with Gasteiger partial charge in [0.2, 0.25) is 11.8 Å². The van der Waals surface area contributed by atoms with E-state index < -0.39 is 11.9 Å². The second-order valence-corrected chi connectivity index (χ2v) is 11.6. The Labute approximate surface area is 239 Å². The summed E-state index contributed by atoms with van der Waals surface area (Å²) in [6, 6.07) is 3.84. The first-order chi connectivity index (χ1) is 19.7. The van der Waals surface area contributed by atoms with Gasteiger partial charge in [-0.3, -0.25) is 9.69 Å². The number of aliphatic carboxylic acids is 1. The van der Waals surface area contributed by atoms with Crippen LogP contribution < -0.4 is 19.1 Å². The van der Waals surface area contributed by atoms with Crippen LogP contribution in [0, 0.1) is 5.92 Å². The van der Waals surface area contributed by atoms with Crippen molar-refractivity contribution in [1.29, 1.82) is 0 Å². The van der Waals surface area contributed by atoms with Gasteiger partial charge in [-0.05, 0) is 62.6 Å². The molecule has 224 valence electrons. The number of hydrogen-bond acceptors (Lipinski definition) is 8. The predicted octanol–water partition coefficient (Wildman–Crippen LogP) is 4.96. The first kappa shape index (κ1) is 29.3. The monoisotopic (exact) mass is 574 g/mol. The van der Waals surface area contributed by atoms with Crippen LogP contribution in [0.4, 0.5) is 14.5 Å². The van der Waals surface area contributed by atoms with E-state index in [0.717, 1.165) is 56.9 Å². The van der Waals surface area contributed by atoms with E-state index >= 15 is 0 Å². The number of carboxylic acid groups (broad SMARTS) is 1. The Morgan fingerprint density at radius 1 is 1.05 bits per heavy atom. The molecule has 0 bridgehead atoms. The van der Waals surface area contributed by atoms with Crippen LogP contribution >= 0.6 is 0 Å². The molecule has 0 saturated carbocycles. The third kappa shape index (κ3) is 7.55. The maximum Gasteiger partial charge on any atom is 0.303 e. The van der Waals surface area contributed by atoms with Crippen molar-refractivity contribution < 1.29 is 32.9 Å². The van der Waals surface area contributed by atoms with Crippen molar-refractivity contribution in [2.24, 2.45) is 5.92 Å². The van der Waals surface area contributed by atoms with Gasteiger partial charge >= 0.3 is 5.97 Å². The molecule has 0 radical (unpaired) electrons. The number of piperidine rings is 2. The highest BCUT2D eigenvalue weighted by atomic mass is 19.3. The van der Waals surface area contributed by atoms with E-state index in [0.29, 0.717) is 56.2 Å². The number of methoxy groups -OCH3 is 1. The predicted molar refractivity (Wildman–Crippen MR) is 150 cm³/mol. The van der Waals surface area contributed by atoms with E-state index in [4.69, 9.17) is 14.2 Å². The van der Waals surface area contributed by atoms with Crippen LogP contribution in [-0.2, 0) is 4.79 Å². The second-order valence-electron chi connectivity index (χ2n) is 11.6. The summed E-state index contributed by atoms with van der Waals surface area (Å²) in [5.41, 5.74) is 3.14. The molecule has 3 aliphatic heterocycles. The zero-order valence-electron chi connectivity index (χ0n) is 23.9. The molecule has 3 aliphatic rings. The number of ether oxygens (including phenoxy) is 3. The maximum absolute atomic E-state index is 13.5. The Kier molecular flexibility index (Phi) is 9.11. The van der Waals surface area contributed by atoms with Crippen molar-refractivity contribution in [3.05, 3.63) is 35.7 Å². The molecule has 2 aromatic heterocycles. The largest absolute Gasteiger partial charge is 0.492 e. The number of nitrogens with zero attached hydrogens (tertiary/aromatic N) is 4. The van der Waals surface area contributed by atoms with Crippen molar-refractivity contribution in [3.8, 4) is 17.5 Å². The Morgan fingerprint density at radius 3 is 2.46 bits per heavy atom. The summed E-state index contributed by atoms with van der Waals surface area (Å²) in [7, 11) is 1.61. The smallest absolute Gasteiger partial charge is 0.303 e. The number of likely N-dealkylation sites (tertiary alicyclic amines) is 1. The van der Waals surface area contributed by atoms with Crippen molar-refractivity contribution in [2.45, 2.75) is 63.2 Å². The molecule has 5 rings (SSSR count). The highest BCUT2D eigenvalue weighted by Gasteiger charge is 2.31. The zero-order chi connectivity index (χ0) is 29.0. The van der Waals surface area contributed by atoms with Gasteiger partial charge in [0.25, 0.3) is 5.92 Å². The van der Waals surface area contributed by atoms with Gasteiger partial charge in [-0.25, -0.2) is 18.7 Å². The van der Waals surface area contributed by atoms with Crippen LogP contribution in [0.25, 0.3) is 0 Å². The number of pyridine rings is 2. The van der Waals surface area contributed by atoms with E-state index in [1.54, 1.807) is 13.3 Å². The molecule has 11 heteroatoms. The van der Waals surface area contributed by atoms with E-state index in [1.165, 1.54) is 5.56 Å². The lowest BCUT2D eigenvalue weighted by molar-refractivity contribution is -0.137. The molecule has 0 spiro atoms. The molecule has 1 N–H and O–H groups in total. The van der Waals surface area contributed by atoms with Crippen molar-refractivity contribution in [2.75, 3.05) is 57.9 Å². The molecule has 0 amide bonds. The molecule has 0 aromatic carbocycles. The summed E-state index contributed by atoms with van der Waals surface area (Å²) >= 11 is 0. The summed E-state index contributed by atoms with van der Waals surface area (Å²) in [6.45, 7) is 4.85. The molecule has 2 saturated heterocycles. The van der Waals surface area contributed by atoms with Crippen LogP contribution in [0.15, 0.2) is 24.5 Å². The molecule has 9 nitrogen and oxygen atoms in total.